The van der Waals surface area contributed by atoms with Gasteiger partial charge in [0.25, 0.3) is 0 Å². The lowest BCUT2D eigenvalue weighted by molar-refractivity contribution is -0.139. The number of rotatable bonds is 4. The molecule has 1 aliphatic heterocycles. The van der Waals surface area contributed by atoms with Crippen molar-refractivity contribution in [2.45, 2.75) is 33.4 Å². The van der Waals surface area contributed by atoms with E-state index >= 15 is 0 Å². The topological polar surface area (TPSA) is 52.6 Å². The van der Waals surface area contributed by atoms with Gasteiger partial charge in [-0.15, -0.1) is 0 Å². The average molecular weight is 338 g/mol. The highest BCUT2D eigenvalue weighted by Gasteiger charge is 2.34. The molecule has 1 atom stereocenters. The second-order valence-corrected chi connectivity index (χ2v) is 6.77. The van der Waals surface area contributed by atoms with Gasteiger partial charge in [0.05, 0.1) is 0 Å². The normalized spacial score (nSPS) is 18.5. The zero-order valence-corrected chi connectivity index (χ0v) is 14.6. The number of amides is 3. The number of halogens is 1. The monoisotopic (exact) mass is 337 g/mol. The van der Waals surface area contributed by atoms with E-state index in [1.165, 1.54) is 0 Å². The van der Waals surface area contributed by atoms with Crippen LogP contribution >= 0.6 is 11.6 Å². The summed E-state index contributed by atoms with van der Waals surface area (Å²) in [6.45, 7) is 8.28. The fraction of sp³-hybridized carbons (Fsp3) is 0.529. The molecule has 1 fully saturated rings. The fourth-order valence-corrected chi connectivity index (χ4v) is 2.84. The zero-order chi connectivity index (χ0) is 17.0. The predicted octanol–water partition coefficient (Wildman–Crippen LogP) is 2.74. The smallest absolute Gasteiger partial charge is 0.318 e. The van der Waals surface area contributed by atoms with Gasteiger partial charge in [-0.25, -0.2) is 4.79 Å². The molecular weight excluding hydrogens is 314 g/mol. The highest BCUT2D eigenvalue weighted by Crippen LogP contribution is 2.14. The Balaban J connectivity index is 1.90. The van der Waals surface area contributed by atoms with Crippen LogP contribution in [0.4, 0.5) is 4.79 Å². The molecule has 1 aromatic rings. The van der Waals surface area contributed by atoms with Crippen LogP contribution in [0.3, 0.4) is 0 Å². The maximum absolute atomic E-state index is 12.4. The van der Waals surface area contributed by atoms with Gasteiger partial charge in [0.1, 0.15) is 6.04 Å². The van der Waals surface area contributed by atoms with Gasteiger partial charge >= 0.3 is 6.03 Å². The number of carbonyl (C=O) groups excluding carboxylic acids is 2. The average Bonchev–Trinajstić information content (AvgIpc) is 2.51. The number of urea groups is 1. The molecule has 6 heteroatoms. The van der Waals surface area contributed by atoms with Gasteiger partial charge in [-0.3, -0.25) is 4.79 Å². The van der Waals surface area contributed by atoms with Crippen LogP contribution in [-0.2, 0) is 11.3 Å². The molecule has 5 nitrogen and oxygen atoms in total. The Kier molecular flexibility index (Phi) is 5.88. The summed E-state index contributed by atoms with van der Waals surface area (Å²) in [7, 11) is 0. The Labute approximate surface area is 142 Å². The third-order valence-electron chi connectivity index (χ3n) is 3.95. The van der Waals surface area contributed by atoms with Crippen molar-refractivity contribution >= 4 is 23.5 Å². The summed E-state index contributed by atoms with van der Waals surface area (Å²) in [5, 5.41) is 3.54. The fourth-order valence-electron chi connectivity index (χ4n) is 2.71. The summed E-state index contributed by atoms with van der Waals surface area (Å²) >= 11 is 5.84. The molecule has 3 amide bonds. The standard InChI is InChI=1S/C17H24ClN3O2/c1-12(2)11-20-8-9-21(13(3)16(20)22)17(23)19-10-14-4-6-15(18)7-5-14/h4-7,12-13H,8-11H2,1-3H3,(H,19,23)/t13-/m1/s1. The van der Waals surface area contributed by atoms with E-state index in [2.05, 4.69) is 19.2 Å². The van der Waals surface area contributed by atoms with Gasteiger partial charge in [-0.2, -0.15) is 0 Å². The number of benzene rings is 1. The van der Waals surface area contributed by atoms with Gasteiger partial charge in [-0.1, -0.05) is 37.6 Å². The Morgan fingerprint density at radius 1 is 1.30 bits per heavy atom. The minimum atomic E-state index is -0.423. The molecule has 23 heavy (non-hydrogen) atoms. The summed E-state index contributed by atoms with van der Waals surface area (Å²) in [5.74, 6) is 0.447. The Morgan fingerprint density at radius 2 is 1.96 bits per heavy atom. The quantitative estimate of drug-likeness (QED) is 0.918. The lowest BCUT2D eigenvalue weighted by Crippen LogP contribution is -2.59. The summed E-state index contributed by atoms with van der Waals surface area (Å²) in [5.41, 5.74) is 0.972. The number of hydrogen-bond acceptors (Lipinski definition) is 2. The molecule has 0 bridgehead atoms. The molecule has 1 saturated heterocycles. The second kappa shape index (κ2) is 7.68. The van der Waals surface area contributed by atoms with Crippen LogP contribution < -0.4 is 5.32 Å². The summed E-state index contributed by atoms with van der Waals surface area (Å²) in [6, 6.07) is 6.70. The van der Waals surface area contributed by atoms with Crippen molar-refractivity contribution in [1.29, 1.82) is 0 Å². The van der Waals surface area contributed by atoms with Crippen LogP contribution in [0.25, 0.3) is 0 Å². The Hall–Kier alpha value is -1.75. The molecule has 0 saturated carbocycles. The van der Waals surface area contributed by atoms with Crippen molar-refractivity contribution in [2.24, 2.45) is 5.92 Å². The molecule has 0 radical (unpaired) electrons. The van der Waals surface area contributed by atoms with E-state index in [9.17, 15) is 9.59 Å². The molecule has 0 spiro atoms. The van der Waals surface area contributed by atoms with Crippen LogP contribution in [0, 0.1) is 5.92 Å². The number of nitrogens with one attached hydrogen (secondary N) is 1. The molecule has 2 rings (SSSR count). The van der Waals surface area contributed by atoms with Crippen molar-refractivity contribution in [3.05, 3.63) is 34.9 Å². The largest absolute Gasteiger partial charge is 0.339 e. The molecule has 0 unspecified atom stereocenters. The lowest BCUT2D eigenvalue weighted by atomic mass is 10.1. The van der Waals surface area contributed by atoms with Gasteiger partial charge in [0.2, 0.25) is 5.91 Å². The lowest BCUT2D eigenvalue weighted by Gasteiger charge is -2.39. The van der Waals surface area contributed by atoms with Gasteiger partial charge in [-0.05, 0) is 30.5 Å². The first-order valence-electron chi connectivity index (χ1n) is 7.96. The molecule has 1 heterocycles. The van der Waals surface area contributed by atoms with Crippen molar-refractivity contribution < 1.29 is 9.59 Å². The third kappa shape index (κ3) is 4.61. The SMILES string of the molecule is CC(C)CN1CCN(C(=O)NCc2ccc(Cl)cc2)[C@H](C)C1=O. The van der Waals surface area contributed by atoms with Crippen molar-refractivity contribution in [3.8, 4) is 0 Å². The molecule has 1 aliphatic rings. The van der Waals surface area contributed by atoms with Crippen LogP contribution in [0.2, 0.25) is 5.02 Å². The highest BCUT2D eigenvalue weighted by atomic mass is 35.5. The van der Waals surface area contributed by atoms with Crippen molar-refractivity contribution in [3.63, 3.8) is 0 Å². The van der Waals surface area contributed by atoms with E-state index < -0.39 is 6.04 Å². The van der Waals surface area contributed by atoms with Gasteiger partial charge in [0, 0.05) is 31.2 Å². The highest BCUT2D eigenvalue weighted by molar-refractivity contribution is 6.30. The van der Waals surface area contributed by atoms with E-state index in [0.29, 0.717) is 30.6 Å². The molecular formula is C17H24ClN3O2. The summed E-state index contributed by atoms with van der Waals surface area (Å²) in [6.07, 6.45) is 0. The molecule has 0 aliphatic carbocycles. The number of nitrogens with zero attached hydrogens (tertiary/aromatic N) is 2. The van der Waals surface area contributed by atoms with Crippen molar-refractivity contribution in [1.82, 2.24) is 15.1 Å². The van der Waals surface area contributed by atoms with E-state index in [1.54, 1.807) is 24.0 Å². The summed E-state index contributed by atoms with van der Waals surface area (Å²) in [4.78, 5) is 28.2. The first-order valence-corrected chi connectivity index (χ1v) is 8.34. The van der Waals surface area contributed by atoms with Crippen LogP contribution in [0.15, 0.2) is 24.3 Å². The number of hydrogen-bond donors (Lipinski definition) is 1. The molecule has 126 valence electrons. The number of carbonyl (C=O) groups is 2. The molecule has 1 N–H and O–H groups in total. The van der Waals surface area contributed by atoms with Crippen molar-refractivity contribution in [2.75, 3.05) is 19.6 Å². The van der Waals surface area contributed by atoms with Gasteiger partial charge in [0.15, 0.2) is 0 Å². The first kappa shape index (κ1) is 17.6. The molecule has 1 aromatic carbocycles. The second-order valence-electron chi connectivity index (χ2n) is 6.33. The molecule has 0 aromatic heterocycles. The van der Waals surface area contributed by atoms with E-state index in [1.807, 2.05) is 17.0 Å². The third-order valence-corrected chi connectivity index (χ3v) is 4.20. The maximum Gasteiger partial charge on any atom is 0.318 e. The number of piperazine rings is 1. The van der Waals surface area contributed by atoms with Gasteiger partial charge < -0.3 is 15.1 Å². The Bertz CT molecular complexity index is 559. The first-order chi connectivity index (χ1) is 10.9. The van der Waals surface area contributed by atoms with Crippen LogP contribution in [0.5, 0.6) is 0 Å². The summed E-state index contributed by atoms with van der Waals surface area (Å²) < 4.78 is 0. The van der Waals surface area contributed by atoms with Crippen LogP contribution in [0.1, 0.15) is 26.3 Å². The van der Waals surface area contributed by atoms with E-state index in [0.717, 1.165) is 12.1 Å². The van der Waals surface area contributed by atoms with E-state index in [-0.39, 0.29) is 11.9 Å². The minimum Gasteiger partial charge on any atom is -0.339 e. The maximum atomic E-state index is 12.4. The van der Waals surface area contributed by atoms with Crippen LogP contribution in [-0.4, -0.2) is 47.4 Å². The minimum absolute atomic E-state index is 0.0200. The van der Waals surface area contributed by atoms with E-state index in [4.69, 9.17) is 11.6 Å². The zero-order valence-electron chi connectivity index (χ0n) is 13.9. The predicted molar refractivity (Wildman–Crippen MR) is 91.3 cm³/mol. The Morgan fingerprint density at radius 3 is 2.57 bits per heavy atom.